The van der Waals surface area contributed by atoms with Gasteiger partial charge in [0, 0.05) is 19.0 Å². The van der Waals surface area contributed by atoms with Gasteiger partial charge in [-0.1, -0.05) is 0 Å². The fraction of sp³-hybridized carbons (Fsp3) is 0.786. The highest BCUT2D eigenvalue weighted by atomic mass is 16.2. The van der Waals surface area contributed by atoms with Gasteiger partial charge in [-0.15, -0.1) is 0 Å². The summed E-state index contributed by atoms with van der Waals surface area (Å²) in [5.41, 5.74) is 0. The van der Waals surface area contributed by atoms with E-state index in [0.717, 1.165) is 19.6 Å². The van der Waals surface area contributed by atoms with Gasteiger partial charge < -0.3 is 10.2 Å². The van der Waals surface area contributed by atoms with Gasteiger partial charge in [0.15, 0.2) is 0 Å². The highest BCUT2D eigenvalue weighted by Crippen LogP contribution is 2.29. The molecule has 1 saturated heterocycles. The zero-order chi connectivity index (χ0) is 13.8. The molecule has 1 saturated carbocycles. The quantitative estimate of drug-likeness (QED) is 0.829. The van der Waals surface area contributed by atoms with Gasteiger partial charge in [0.1, 0.15) is 12.7 Å². The maximum atomic E-state index is 12.4. The molecule has 1 aromatic heterocycles. The SMILES string of the molecule is O=C(CCn1cncn1)N(CC1CCCNC1)C1CC1. The van der Waals surface area contributed by atoms with Crippen LogP contribution in [0.15, 0.2) is 12.7 Å². The molecule has 6 nitrogen and oxygen atoms in total. The number of piperidine rings is 1. The summed E-state index contributed by atoms with van der Waals surface area (Å²) in [6.07, 6.45) is 8.53. The lowest BCUT2D eigenvalue weighted by Gasteiger charge is -2.30. The van der Waals surface area contributed by atoms with E-state index in [0.29, 0.717) is 24.9 Å². The third-order valence-corrected chi connectivity index (χ3v) is 4.18. The van der Waals surface area contributed by atoms with Gasteiger partial charge in [-0.05, 0) is 44.7 Å². The summed E-state index contributed by atoms with van der Waals surface area (Å²) >= 11 is 0. The van der Waals surface area contributed by atoms with E-state index >= 15 is 0 Å². The molecule has 0 spiro atoms. The van der Waals surface area contributed by atoms with Crippen LogP contribution in [0.25, 0.3) is 0 Å². The van der Waals surface area contributed by atoms with Crippen LogP contribution in [0.2, 0.25) is 0 Å². The van der Waals surface area contributed by atoms with E-state index in [9.17, 15) is 4.79 Å². The highest BCUT2D eigenvalue weighted by Gasteiger charge is 2.33. The van der Waals surface area contributed by atoms with Crippen molar-refractivity contribution in [2.24, 2.45) is 5.92 Å². The zero-order valence-electron chi connectivity index (χ0n) is 11.9. The molecule has 1 aliphatic heterocycles. The Morgan fingerprint density at radius 2 is 2.30 bits per heavy atom. The Bertz CT molecular complexity index is 423. The minimum atomic E-state index is 0.272. The number of aromatic nitrogens is 3. The lowest BCUT2D eigenvalue weighted by Crippen LogP contribution is -2.42. The number of aryl methyl sites for hydroxylation is 1. The molecule has 20 heavy (non-hydrogen) atoms. The number of nitrogens with one attached hydrogen (secondary N) is 1. The number of hydrogen-bond donors (Lipinski definition) is 1. The summed E-state index contributed by atoms with van der Waals surface area (Å²) in [6, 6.07) is 0.500. The summed E-state index contributed by atoms with van der Waals surface area (Å²) in [7, 11) is 0. The Kier molecular flexibility index (Phi) is 4.30. The molecule has 1 unspecified atom stereocenters. The molecular weight excluding hydrogens is 254 g/mol. The second-order valence-corrected chi connectivity index (χ2v) is 5.90. The van der Waals surface area contributed by atoms with E-state index in [2.05, 4.69) is 20.3 Å². The van der Waals surface area contributed by atoms with Crippen molar-refractivity contribution in [3.05, 3.63) is 12.7 Å². The van der Waals surface area contributed by atoms with E-state index in [1.165, 1.54) is 32.0 Å². The van der Waals surface area contributed by atoms with Crippen LogP contribution in [0.3, 0.4) is 0 Å². The Hall–Kier alpha value is -1.43. The largest absolute Gasteiger partial charge is 0.339 e. The first-order valence-electron chi connectivity index (χ1n) is 7.65. The Morgan fingerprint density at radius 3 is 2.95 bits per heavy atom. The fourth-order valence-electron chi connectivity index (χ4n) is 2.90. The van der Waals surface area contributed by atoms with Crippen LogP contribution in [0.4, 0.5) is 0 Å². The lowest BCUT2D eigenvalue weighted by atomic mass is 9.99. The average Bonchev–Trinajstić information content (AvgIpc) is 3.19. The summed E-state index contributed by atoms with van der Waals surface area (Å²) in [5, 5.41) is 7.48. The first-order chi connectivity index (χ1) is 9.83. The van der Waals surface area contributed by atoms with Gasteiger partial charge in [-0.3, -0.25) is 9.48 Å². The molecule has 1 aromatic rings. The number of carbonyl (C=O) groups excluding carboxylic acids is 1. The summed E-state index contributed by atoms with van der Waals surface area (Å²) < 4.78 is 1.73. The topological polar surface area (TPSA) is 63.1 Å². The molecule has 1 aliphatic carbocycles. The molecule has 1 atom stereocenters. The normalized spacial score (nSPS) is 22.7. The minimum absolute atomic E-state index is 0.272. The zero-order valence-corrected chi connectivity index (χ0v) is 11.9. The fourth-order valence-corrected chi connectivity index (χ4v) is 2.90. The summed E-state index contributed by atoms with van der Waals surface area (Å²) in [6.45, 7) is 3.73. The van der Waals surface area contributed by atoms with Gasteiger partial charge in [0.25, 0.3) is 0 Å². The molecule has 2 heterocycles. The number of nitrogens with zero attached hydrogens (tertiary/aromatic N) is 4. The molecule has 2 fully saturated rings. The molecule has 2 aliphatic rings. The van der Waals surface area contributed by atoms with Crippen molar-refractivity contribution in [2.75, 3.05) is 19.6 Å². The Morgan fingerprint density at radius 1 is 1.40 bits per heavy atom. The average molecular weight is 277 g/mol. The van der Waals surface area contributed by atoms with Crippen molar-refractivity contribution in [1.82, 2.24) is 25.0 Å². The molecule has 0 bridgehead atoms. The van der Waals surface area contributed by atoms with Gasteiger partial charge >= 0.3 is 0 Å². The molecule has 6 heteroatoms. The van der Waals surface area contributed by atoms with Crippen molar-refractivity contribution in [3.8, 4) is 0 Å². The molecule has 0 aromatic carbocycles. The maximum Gasteiger partial charge on any atom is 0.224 e. The van der Waals surface area contributed by atoms with E-state index in [1.807, 2.05) is 0 Å². The molecule has 0 radical (unpaired) electrons. The predicted molar refractivity (Wildman–Crippen MR) is 75.0 cm³/mol. The van der Waals surface area contributed by atoms with Crippen molar-refractivity contribution in [3.63, 3.8) is 0 Å². The highest BCUT2D eigenvalue weighted by molar-refractivity contribution is 5.76. The first kappa shape index (κ1) is 13.5. The second kappa shape index (κ2) is 6.35. The lowest BCUT2D eigenvalue weighted by molar-refractivity contribution is -0.132. The van der Waals surface area contributed by atoms with Gasteiger partial charge in [0.2, 0.25) is 5.91 Å². The van der Waals surface area contributed by atoms with Crippen molar-refractivity contribution in [2.45, 2.75) is 44.7 Å². The standard InChI is InChI=1S/C14H23N5O/c20-14(5-7-18-11-16-10-17-18)19(13-3-4-13)9-12-2-1-6-15-8-12/h10-13,15H,1-9H2. The molecule has 1 N–H and O–H groups in total. The smallest absolute Gasteiger partial charge is 0.224 e. The number of hydrogen-bond acceptors (Lipinski definition) is 4. The van der Waals surface area contributed by atoms with E-state index in [4.69, 9.17) is 0 Å². The second-order valence-electron chi connectivity index (χ2n) is 5.90. The predicted octanol–water partition coefficient (Wildman–Crippen LogP) is 0.659. The van der Waals surface area contributed by atoms with Crippen molar-refractivity contribution < 1.29 is 4.79 Å². The van der Waals surface area contributed by atoms with E-state index in [-0.39, 0.29) is 5.91 Å². The van der Waals surface area contributed by atoms with Crippen LogP contribution in [-0.4, -0.2) is 51.2 Å². The molecule has 110 valence electrons. The Labute approximate surface area is 119 Å². The monoisotopic (exact) mass is 277 g/mol. The van der Waals surface area contributed by atoms with Crippen LogP contribution in [0.5, 0.6) is 0 Å². The van der Waals surface area contributed by atoms with Crippen LogP contribution < -0.4 is 5.32 Å². The molecule has 3 rings (SSSR count). The first-order valence-corrected chi connectivity index (χ1v) is 7.65. The summed E-state index contributed by atoms with van der Waals surface area (Å²) in [4.78, 5) is 18.5. The number of amides is 1. The van der Waals surface area contributed by atoms with E-state index < -0.39 is 0 Å². The maximum absolute atomic E-state index is 12.4. The van der Waals surface area contributed by atoms with Crippen LogP contribution in [0.1, 0.15) is 32.1 Å². The number of carbonyl (C=O) groups is 1. The minimum Gasteiger partial charge on any atom is -0.339 e. The van der Waals surface area contributed by atoms with E-state index in [1.54, 1.807) is 11.0 Å². The molecular formula is C14H23N5O. The summed E-state index contributed by atoms with van der Waals surface area (Å²) in [5.74, 6) is 0.897. The third-order valence-electron chi connectivity index (χ3n) is 4.18. The third kappa shape index (κ3) is 3.56. The van der Waals surface area contributed by atoms with Gasteiger partial charge in [-0.25, -0.2) is 4.98 Å². The number of rotatable bonds is 6. The van der Waals surface area contributed by atoms with Crippen LogP contribution in [0, 0.1) is 5.92 Å². The van der Waals surface area contributed by atoms with Crippen LogP contribution >= 0.6 is 0 Å². The van der Waals surface area contributed by atoms with Gasteiger partial charge in [-0.2, -0.15) is 5.10 Å². The van der Waals surface area contributed by atoms with Crippen molar-refractivity contribution >= 4 is 5.91 Å². The Balaban J connectivity index is 1.51. The van der Waals surface area contributed by atoms with Gasteiger partial charge in [0.05, 0.1) is 6.54 Å². The van der Waals surface area contributed by atoms with Crippen LogP contribution in [-0.2, 0) is 11.3 Å². The van der Waals surface area contributed by atoms with Crippen molar-refractivity contribution in [1.29, 1.82) is 0 Å². The molecule has 1 amide bonds.